The minimum atomic E-state index is 0.502. The van der Waals surface area contributed by atoms with Crippen molar-refractivity contribution in [2.75, 3.05) is 0 Å². The van der Waals surface area contributed by atoms with Gasteiger partial charge in [0.1, 0.15) is 0 Å². The van der Waals surface area contributed by atoms with Gasteiger partial charge in [0.25, 0.3) is 0 Å². The van der Waals surface area contributed by atoms with Crippen molar-refractivity contribution in [2.45, 2.75) is 26.2 Å². The monoisotopic (exact) mass is 272 g/mol. The van der Waals surface area contributed by atoms with E-state index >= 15 is 0 Å². The van der Waals surface area contributed by atoms with E-state index in [2.05, 4.69) is 31.2 Å². The number of carbonyl (C=O) groups excluding carboxylic acids is 1. The molecular formula is C17H17ClO. The molecule has 98 valence electrons. The van der Waals surface area contributed by atoms with E-state index < -0.39 is 0 Å². The zero-order chi connectivity index (χ0) is 13.7. The molecule has 0 aromatic heterocycles. The Balaban J connectivity index is 2.22. The van der Waals surface area contributed by atoms with Crippen LogP contribution in [-0.4, -0.2) is 6.29 Å². The first-order valence-corrected chi connectivity index (χ1v) is 6.96. The Morgan fingerprint density at radius 2 is 1.74 bits per heavy atom. The third-order valence-corrected chi connectivity index (χ3v) is 3.56. The van der Waals surface area contributed by atoms with Crippen molar-refractivity contribution in [1.82, 2.24) is 0 Å². The summed E-state index contributed by atoms with van der Waals surface area (Å²) < 4.78 is 0. The van der Waals surface area contributed by atoms with Crippen molar-refractivity contribution in [3.63, 3.8) is 0 Å². The lowest BCUT2D eigenvalue weighted by molar-refractivity contribution is 0.112. The SMILES string of the molecule is CCCCc1ccc(-c2ccc(C=O)c(Cl)c2)cc1. The second kappa shape index (κ2) is 6.53. The molecule has 0 radical (unpaired) electrons. The van der Waals surface area contributed by atoms with Gasteiger partial charge in [-0.15, -0.1) is 0 Å². The Bertz CT molecular complexity index is 558. The van der Waals surface area contributed by atoms with Crippen LogP contribution >= 0.6 is 11.6 Å². The fourth-order valence-corrected chi connectivity index (χ4v) is 2.27. The molecule has 0 heterocycles. The topological polar surface area (TPSA) is 17.1 Å². The Labute approximate surface area is 119 Å². The molecule has 0 aliphatic rings. The van der Waals surface area contributed by atoms with Gasteiger partial charge in [-0.1, -0.05) is 55.3 Å². The largest absolute Gasteiger partial charge is 0.298 e. The number of rotatable bonds is 5. The molecule has 0 saturated carbocycles. The van der Waals surface area contributed by atoms with Crippen LogP contribution in [0.25, 0.3) is 11.1 Å². The molecular weight excluding hydrogens is 256 g/mol. The standard InChI is InChI=1S/C17H17ClO/c1-2-3-4-13-5-7-14(8-6-13)15-9-10-16(12-19)17(18)11-15/h5-12H,2-4H2,1H3. The normalized spacial score (nSPS) is 10.4. The van der Waals surface area contributed by atoms with Crippen LogP contribution in [0.2, 0.25) is 5.02 Å². The highest BCUT2D eigenvalue weighted by molar-refractivity contribution is 6.33. The van der Waals surface area contributed by atoms with Crippen LogP contribution in [0.3, 0.4) is 0 Å². The maximum atomic E-state index is 10.7. The molecule has 19 heavy (non-hydrogen) atoms. The fraction of sp³-hybridized carbons (Fsp3) is 0.235. The summed E-state index contributed by atoms with van der Waals surface area (Å²) in [5, 5.41) is 0.502. The minimum absolute atomic E-state index is 0.502. The summed E-state index contributed by atoms with van der Waals surface area (Å²) in [7, 11) is 0. The van der Waals surface area contributed by atoms with E-state index in [4.69, 9.17) is 11.6 Å². The van der Waals surface area contributed by atoms with Crippen LogP contribution in [0.1, 0.15) is 35.7 Å². The number of unbranched alkanes of at least 4 members (excludes halogenated alkanes) is 1. The molecule has 2 aromatic rings. The molecule has 0 unspecified atom stereocenters. The van der Waals surface area contributed by atoms with Crippen LogP contribution in [0, 0.1) is 0 Å². The lowest BCUT2D eigenvalue weighted by Crippen LogP contribution is -1.86. The third kappa shape index (κ3) is 3.45. The van der Waals surface area contributed by atoms with E-state index in [1.165, 1.54) is 18.4 Å². The highest BCUT2D eigenvalue weighted by Crippen LogP contribution is 2.25. The van der Waals surface area contributed by atoms with Crippen molar-refractivity contribution in [1.29, 1.82) is 0 Å². The Morgan fingerprint density at radius 1 is 1.05 bits per heavy atom. The van der Waals surface area contributed by atoms with Crippen molar-refractivity contribution >= 4 is 17.9 Å². The maximum absolute atomic E-state index is 10.7. The molecule has 0 fully saturated rings. The molecule has 2 rings (SSSR count). The van der Waals surface area contributed by atoms with E-state index in [0.29, 0.717) is 10.6 Å². The molecule has 0 aliphatic heterocycles. The number of hydrogen-bond acceptors (Lipinski definition) is 1. The van der Waals surface area contributed by atoms with Gasteiger partial charge in [0, 0.05) is 5.56 Å². The lowest BCUT2D eigenvalue weighted by atomic mass is 10.0. The average molecular weight is 273 g/mol. The highest BCUT2D eigenvalue weighted by Gasteiger charge is 2.03. The Kier molecular flexibility index (Phi) is 4.75. The van der Waals surface area contributed by atoms with Gasteiger partial charge in [0.2, 0.25) is 0 Å². The number of benzene rings is 2. The molecule has 0 spiro atoms. The van der Waals surface area contributed by atoms with Gasteiger partial charge in [0.15, 0.2) is 6.29 Å². The summed E-state index contributed by atoms with van der Waals surface area (Å²) in [6.07, 6.45) is 4.34. The Hall–Kier alpha value is -1.60. The van der Waals surface area contributed by atoms with Gasteiger partial charge >= 0.3 is 0 Å². The molecule has 1 nitrogen and oxygen atoms in total. The Morgan fingerprint density at radius 3 is 2.32 bits per heavy atom. The lowest BCUT2D eigenvalue weighted by Gasteiger charge is -2.06. The quantitative estimate of drug-likeness (QED) is 0.687. The van der Waals surface area contributed by atoms with Crippen LogP contribution < -0.4 is 0 Å². The molecule has 0 saturated heterocycles. The van der Waals surface area contributed by atoms with Crippen molar-refractivity contribution in [2.24, 2.45) is 0 Å². The van der Waals surface area contributed by atoms with Crippen molar-refractivity contribution in [3.8, 4) is 11.1 Å². The van der Waals surface area contributed by atoms with Crippen molar-refractivity contribution in [3.05, 3.63) is 58.6 Å². The number of carbonyl (C=O) groups is 1. The molecule has 2 aromatic carbocycles. The summed E-state index contributed by atoms with van der Waals surface area (Å²) in [6, 6.07) is 14.1. The zero-order valence-corrected chi connectivity index (χ0v) is 11.8. The maximum Gasteiger partial charge on any atom is 0.151 e. The third-order valence-electron chi connectivity index (χ3n) is 3.23. The van der Waals surface area contributed by atoms with Gasteiger partial charge in [-0.3, -0.25) is 4.79 Å². The van der Waals surface area contributed by atoms with Gasteiger partial charge < -0.3 is 0 Å². The molecule has 2 heteroatoms. The molecule has 0 bridgehead atoms. The molecule has 0 N–H and O–H groups in total. The smallest absolute Gasteiger partial charge is 0.151 e. The number of hydrogen-bond donors (Lipinski definition) is 0. The van der Waals surface area contributed by atoms with E-state index in [9.17, 15) is 4.79 Å². The summed E-state index contributed by atoms with van der Waals surface area (Å²) >= 11 is 6.05. The average Bonchev–Trinajstić information content (AvgIpc) is 2.45. The minimum Gasteiger partial charge on any atom is -0.298 e. The summed E-state index contributed by atoms with van der Waals surface area (Å²) in [4.78, 5) is 10.7. The predicted octanol–water partition coefficient (Wildman–Crippen LogP) is 5.16. The van der Waals surface area contributed by atoms with E-state index in [1.54, 1.807) is 6.07 Å². The first kappa shape index (κ1) is 13.8. The molecule has 0 amide bonds. The first-order chi connectivity index (χ1) is 9.24. The summed E-state index contributed by atoms with van der Waals surface area (Å²) in [5.74, 6) is 0. The van der Waals surface area contributed by atoms with E-state index in [0.717, 1.165) is 23.8 Å². The van der Waals surface area contributed by atoms with E-state index in [1.807, 2.05) is 12.1 Å². The summed E-state index contributed by atoms with van der Waals surface area (Å²) in [6.45, 7) is 2.20. The van der Waals surface area contributed by atoms with Crippen LogP contribution in [-0.2, 0) is 6.42 Å². The predicted molar refractivity (Wildman–Crippen MR) is 80.9 cm³/mol. The van der Waals surface area contributed by atoms with Gasteiger partial charge in [0.05, 0.1) is 5.02 Å². The zero-order valence-electron chi connectivity index (χ0n) is 11.0. The second-order valence-electron chi connectivity index (χ2n) is 4.65. The van der Waals surface area contributed by atoms with Gasteiger partial charge in [-0.05, 0) is 41.7 Å². The number of halogens is 1. The molecule has 0 atom stereocenters. The van der Waals surface area contributed by atoms with Gasteiger partial charge in [-0.2, -0.15) is 0 Å². The second-order valence-corrected chi connectivity index (χ2v) is 5.06. The molecule has 0 aliphatic carbocycles. The van der Waals surface area contributed by atoms with Gasteiger partial charge in [-0.25, -0.2) is 0 Å². The first-order valence-electron chi connectivity index (χ1n) is 6.58. The fourth-order valence-electron chi connectivity index (χ4n) is 2.05. The summed E-state index contributed by atoms with van der Waals surface area (Å²) in [5.41, 5.74) is 4.06. The highest BCUT2D eigenvalue weighted by atomic mass is 35.5. The van der Waals surface area contributed by atoms with E-state index in [-0.39, 0.29) is 0 Å². The van der Waals surface area contributed by atoms with Crippen LogP contribution in [0.5, 0.6) is 0 Å². The van der Waals surface area contributed by atoms with Crippen LogP contribution in [0.15, 0.2) is 42.5 Å². The van der Waals surface area contributed by atoms with Crippen molar-refractivity contribution < 1.29 is 4.79 Å². The van der Waals surface area contributed by atoms with Crippen LogP contribution in [0.4, 0.5) is 0 Å². The number of aldehydes is 1. The number of aryl methyl sites for hydroxylation is 1.